The second-order valence-electron chi connectivity index (χ2n) is 6.36. The van der Waals surface area contributed by atoms with E-state index in [1.807, 2.05) is 0 Å². The van der Waals surface area contributed by atoms with Crippen LogP contribution in [0.25, 0.3) is 0 Å². The predicted octanol–water partition coefficient (Wildman–Crippen LogP) is 5.54. The molecule has 0 bridgehead atoms. The van der Waals surface area contributed by atoms with E-state index in [-0.39, 0.29) is 0 Å². The molecule has 2 heteroatoms. The first-order valence-electron chi connectivity index (χ1n) is 9.30. The number of hydrogen-bond acceptors (Lipinski definition) is 2. The molecular formula is C22H31NO. The number of rotatable bonds is 11. The van der Waals surface area contributed by atoms with Crippen LogP contribution in [0.1, 0.15) is 56.7 Å². The fourth-order valence-electron chi connectivity index (χ4n) is 2.87. The maximum absolute atomic E-state index is 6.00. The monoisotopic (exact) mass is 325 g/mol. The van der Waals surface area contributed by atoms with E-state index in [9.17, 15) is 0 Å². The standard InChI is InChI=1S/C22H31NO/c1-3-4-10-18-24-22-16-9-8-15-21(22)19(2)23-17-11-14-20-12-6-5-7-13-20/h5-9,12-13,15-16,19,23H,3-4,10-11,14,17-18H2,1-2H3. The summed E-state index contributed by atoms with van der Waals surface area (Å²) in [6.45, 7) is 6.26. The van der Waals surface area contributed by atoms with Gasteiger partial charge in [0.25, 0.3) is 0 Å². The molecule has 0 saturated heterocycles. The SMILES string of the molecule is CCCCCOc1ccccc1C(C)NCCCc1ccccc1. The third-order valence-electron chi connectivity index (χ3n) is 4.33. The molecule has 130 valence electrons. The van der Waals surface area contributed by atoms with E-state index in [0.717, 1.165) is 38.2 Å². The lowest BCUT2D eigenvalue weighted by Gasteiger charge is -2.18. The minimum absolute atomic E-state index is 0.308. The van der Waals surface area contributed by atoms with Crippen LogP contribution in [0.2, 0.25) is 0 Å². The molecule has 2 aromatic rings. The summed E-state index contributed by atoms with van der Waals surface area (Å²) in [5, 5.41) is 3.63. The summed E-state index contributed by atoms with van der Waals surface area (Å²) in [4.78, 5) is 0. The van der Waals surface area contributed by atoms with E-state index in [4.69, 9.17) is 4.74 Å². The lowest BCUT2D eigenvalue weighted by Crippen LogP contribution is -2.21. The molecule has 1 atom stereocenters. The van der Waals surface area contributed by atoms with Gasteiger partial charge in [-0.1, -0.05) is 68.3 Å². The maximum Gasteiger partial charge on any atom is 0.124 e. The van der Waals surface area contributed by atoms with E-state index in [0.29, 0.717) is 6.04 Å². The fraction of sp³-hybridized carbons (Fsp3) is 0.455. The zero-order chi connectivity index (χ0) is 17.0. The quantitative estimate of drug-likeness (QED) is 0.548. The van der Waals surface area contributed by atoms with Crippen molar-refractivity contribution in [1.29, 1.82) is 0 Å². The molecule has 0 fully saturated rings. The van der Waals surface area contributed by atoms with Gasteiger partial charge < -0.3 is 10.1 Å². The first-order chi connectivity index (χ1) is 11.8. The van der Waals surface area contributed by atoms with Gasteiger partial charge in [-0.25, -0.2) is 0 Å². The van der Waals surface area contributed by atoms with E-state index in [1.165, 1.54) is 24.0 Å². The van der Waals surface area contributed by atoms with Gasteiger partial charge in [0.15, 0.2) is 0 Å². The number of ether oxygens (including phenoxy) is 1. The molecular weight excluding hydrogens is 294 g/mol. The first kappa shape index (κ1) is 18.5. The summed E-state index contributed by atoms with van der Waals surface area (Å²) in [7, 11) is 0. The molecule has 0 heterocycles. The van der Waals surface area contributed by atoms with E-state index in [2.05, 4.69) is 73.8 Å². The topological polar surface area (TPSA) is 21.3 Å². The lowest BCUT2D eigenvalue weighted by atomic mass is 10.1. The molecule has 0 spiro atoms. The second kappa shape index (κ2) is 10.9. The molecule has 0 aromatic heterocycles. The van der Waals surface area contributed by atoms with Crippen LogP contribution in [-0.4, -0.2) is 13.2 Å². The average Bonchev–Trinajstić information content (AvgIpc) is 2.63. The van der Waals surface area contributed by atoms with Crippen molar-refractivity contribution in [2.45, 2.75) is 52.0 Å². The number of hydrogen-bond donors (Lipinski definition) is 1. The van der Waals surface area contributed by atoms with Gasteiger partial charge in [-0.2, -0.15) is 0 Å². The van der Waals surface area contributed by atoms with Crippen LogP contribution in [0.15, 0.2) is 54.6 Å². The first-order valence-corrected chi connectivity index (χ1v) is 9.30. The molecule has 0 amide bonds. The van der Waals surface area contributed by atoms with E-state index in [1.54, 1.807) is 0 Å². The Bertz CT molecular complexity index is 567. The zero-order valence-corrected chi connectivity index (χ0v) is 15.1. The van der Waals surface area contributed by atoms with Gasteiger partial charge in [-0.3, -0.25) is 0 Å². The summed E-state index contributed by atoms with van der Waals surface area (Å²) >= 11 is 0. The highest BCUT2D eigenvalue weighted by molar-refractivity contribution is 5.35. The van der Waals surface area contributed by atoms with Crippen LogP contribution >= 0.6 is 0 Å². The summed E-state index contributed by atoms with van der Waals surface area (Å²) in [5.74, 6) is 1.02. The molecule has 1 N–H and O–H groups in total. The summed E-state index contributed by atoms with van der Waals surface area (Å²) in [5.41, 5.74) is 2.67. The minimum Gasteiger partial charge on any atom is -0.493 e. The molecule has 2 nitrogen and oxygen atoms in total. The number of nitrogens with one attached hydrogen (secondary N) is 1. The number of para-hydroxylation sites is 1. The van der Waals surface area contributed by atoms with Crippen LogP contribution in [0.4, 0.5) is 0 Å². The summed E-state index contributed by atoms with van der Waals surface area (Å²) < 4.78 is 6.00. The smallest absolute Gasteiger partial charge is 0.124 e. The Hall–Kier alpha value is -1.80. The van der Waals surface area contributed by atoms with Crippen LogP contribution in [0, 0.1) is 0 Å². The highest BCUT2D eigenvalue weighted by atomic mass is 16.5. The largest absolute Gasteiger partial charge is 0.493 e. The number of unbranched alkanes of at least 4 members (excludes halogenated alkanes) is 2. The molecule has 0 saturated carbocycles. The number of benzene rings is 2. The maximum atomic E-state index is 6.00. The van der Waals surface area contributed by atoms with Crippen molar-refractivity contribution < 1.29 is 4.74 Å². The van der Waals surface area contributed by atoms with Gasteiger partial charge >= 0.3 is 0 Å². The van der Waals surface area contributed by atoms with Crippen molar-refractivity contribution in [1.82, 2.24) is 5.32 Å². The molecule has 0 aliphatic heterocycles. The van der Waals surface area contributed by atoms with Crippen molar-refractivity contribution in [2.24, 2.45) is 0 Å². The normalized spacial score (nSPS) is 12.1. The Morgan fingerprint density at radius 2 is 1.67 bits per heavy atom. The molecule has 1 unspecified atom stereocenters. The molecule has 2 aromatic carbocycles. The van der Waals surface area contributed by atoms with Crippen molar-refractivity contribution in [3.63, 3.8) is 0 Å². The van der Waals surface area contributed by atoms with E-state index >= 15 is 0 Å². The van der Waals surface area contributed by atoms with Gasteiger partial charge in [0.05, 0.1) is 6.61 Å². The average molecular weight is 325 g/mol. The molecule has 0 aliphatic carbocycles. The van der Waals surface area contributed by atoms with Crippen LogP contribution in [-0.2, 0) is 6.42 Å². The Labute approximate surface area is 147 Å². The minimum atomic E-state index is 0.308. The van der Waals surface area contributed by atoms with Gasteiger partial charge in [-0.05, 0) is 44.4 Å². The van der Waals surface area contributed by atoms with Gasteiger partial charge in [0.2, 0.25) is 0 Å². The zero-order valence-electron chi connectivity index (χ0n) is 15.1. The Morgan fingerprint density at radius 3 is 2.46 bits per heavy atom. The summed E-state index contributed by atoms with van der Waals surface area (Å²) in [6.07, 6.45) is 5.85. The fourth-order valence-corrected chi connectivity index (χ4v) is 2.87. The molecule has 0 radical (unpaired) electrons. The van der Waals surface area contributed by atoms with Gasteiger partial charge in [0, 0.05) is 11.6 Å². The summed E-state index contributed by atoms with van der Waals surface area (Å²) in [6, 6.07) is 19.4. The predicted molar refractivity (Wildman–Crippen MR) is 103 cm³/mol. The van der Waals surface area contributed by atoms with Crippen LogP contribution in [0.5, 0.6) is 5.75 Å². The van der Waals surface area contributed by atoms with Gasteiger partial charge in [0.1, 0.15) is 5.75 Å². The Morgan fingerprint density at radius 1 is 0.917 bits per heavy atom. The third kappa shape index (κ3) is 6.37. The highest BCUT2D eigenvalue weighted by Gasteiger charge is 2.10. The molecule has 0 aliphatic rings. The highest BCUT2D eigenvalue weighted by Crippen LogP contribution is 2.25. The van der Waals surface area contributed by atoms with Crippen LogP contribution < -0.4 is 10.1 Å². The van der Waals surface area contributed by atoms with Crippen LogP contribution in [0.3, 0.4) is 0 Å². The lowest BCUT2D eigenvalue weighted by molar-refractivity contribution is 0.300. The molecule has 2 rings (SSSR count). The Kier molecular flexibility index (Phi) is 8.40. The van der Waals surface area contributed by atoms with Crippen molar-refractivity contribution in [2.75, 3.05) is 13.2 Å². The van der Waals surface area contributed by atoms with Crippen molar-refractivity contribution in [3.8, 4) is 5.75 Å². The van der Waals surface area contributed by atoms with Crippen molar-refractivity contribution in [3.05, 3.63) is 65.7 Å². The Balaban J connectivity index is 1.77. The number of aryl methyl sites for hydroxylation is 1. The third-order valence-corrected chi connectivity index (χ3v) is 4.33. The molecule has 24 heavy (non-hydrogen) atoms. The van der Waals surface area contributed by atoms with Gasteiger partial charge in [-0.15, -0.1) is 0 Å². The second-order valence-corrected chi connectivity index (χ2v) is 6.36. The van der Waals surface area contributed by atoms with Crippen molar-refractivity contribution >= 4 is 0 Å². The van der Waals surface area contributed by atoms with E-state index < -0.39 is 0 Å².